The Morgan fingerprint density at radius 2 is 2.10 bits per heavy atom. The Hall–Kier alpha value is -2.02. The maximum absolute atomic E-state index is 10.6. The molecule has 1 aromatic rings. The number of carboxylic acid groups (broad SMARTS) is 1. The Morgan fingerprint density at radius 3 is 2.70 bits per heavy atom. The minimum Gasteiger partial charge on any atom is -0.481 e. The van der Waals surface area contributed by atoms with E-state index in [0.717, 1.165) is 24.2 Å². The van der Waals surface area contributed by atoms with Crippen molar-refractivity contribution in [2.45, 2.75) is 40.0 Å². The van der Waals surface area contributed by atoms with Crippen LogP contribution in [-0.4, -0.2) is 17.6 Å². The summed E-state index contributed by atoms with van der Waals surface area (Å²) in [7, 11) is 0. The van der Waals surface area contributed by atoms with Gasteiger partial charge < -0.3 is 10.4 Å². The number of nitriles is 1. The van der Waals surface area contributed by atoms with Gasteiger partial charge in [0.25, 0.3) is 0 Å². The molecule has 0 saturated carbocycles. The van der Waals surface area contributed by atoms with Gasteiger partial charge in [-0.05, 0) is 42.9 Å². The summed E-state index contributed by atoms with van der Waals surface area (Å²) in [5, 5.41) is 21.1. The second-order valence-corrected chi connectivity index (χ2v) is 5.90. The molecule has 1 aromatic carbocycles. The van der Waals surface area contributed by atoms with Crippen LogP contribution in [-0.2, 0) is 4.79 Å². The monoisotopic (exact) mass is 274 g/mol. The topological polar surface area (TPSA) is 73.1 Å². The largest absolute Gasteiger partial charge is 0.481 e. The van der Waals surface area contributed by atoms with Gasteiger partial charge in [-0.25, -0.2) is 0 Å². The Morgan fingerprint density at radius 1 is 1.40 bits per heavy atom. The van der Waals surface area contributed by atoms with Gasteiger partial charge >= 0.3 is 5.97 Å². The predicted molar refractivity (Wildman–Crippen MR) is 79.7 cm³/mol. The highest BCUT2D eigenvalue weighted by molar-refractivity contribution is 5.66. The number of carboxylic acids is 1. The molecule has 0 unspecified atom stereocenters. The molecule has 20 heavy (non-hydrogen) atoms. The van der Waals surface area contributed by atoms with Gasteiger partial charge in [0.1, 0.15) is 6.07 Å². The minimum atomic E-state index is -0.753. The Bertz CT molecular complexity index is 516. The van der Waals surface area contributed by atoms with Crippen molar-refractivity contribution in [3.63, 3.8) is 0 Å². The van der Waals surface area contributed by atoms with Gasteiger partial charge in [0.15, 0.2) is 0 Å². The number of aryl methyl sites for hydroxylation is 1. The Labute approximate surface area is 120 Å². The third kappa shape index (κ3) is 5.31. The number of aliphatic carboxylic acids is 1. The van der Waals surface area contributed by atoms with Crippen molar-refractivity contribution in [3.8, 4) is 6.07 Å². The molecule has 0 fully saturated rings. The van der Waals surface area contributed by atoms with E-state index in [0.29, 0.717) is 12.0 Å². The van der Waals surface area contributed by atoms with E-state index < -0.39 is 5.97 Å². The summed E-state index contributed by atoms with van der Waals surface area (Å²) in [6, 6.07) is 7.93. The second kappa shape index (κ2) is 6.95. The van der Waals surface area contributed by atoms with Crippen molar-refractivity contribution >= 4 is 11.7 Å². The Kier molecular flexibility index (Phi) is 5.57. The number of hydrogen-bond donors (Lipinski definition) is 2. The van der Waals surface area contributed by atoms with E-state index >= 15 is 0 Å². The molecular weight excluding hydrogens is 252 g/mol. The van der Waals surface area contributed by atoms with E-state index in [-0.39, 0.29) is 11.8 Å². The van der Waals surface area contributed by atoms with Crippen LogP contribution in [0.2, 0.25) is 0 Å². The summed E-state index contributed by atoms with van der Waals surface area (Å²) in [5.41, 5.74) is 2.53. The highest BCUT2D eigenvalue weighted by Crippen LogP contribution is 2.27. The van der Waals surface area contributed by atoms with E-state index in [4.69, 9.17) is 10.4 Å². The molecule has 0 saturated heterocycles. The summed E-state index contributed by atoms with van der Waals surface area (Å²) < 4.78 is 0. The average molecular weight is 274 g/mol. The molecular formula is C16H22N2O2. The van der Waals surface area contributed by atoms with Gasteiger partial charge in [0.05, 0.1) is 11.3 Å². The van der Waals surface area contributed by atoms with Crippen LogP contribution in [0.3, 0.4) is 0 Å². The fourth-order valence-electron chi connectivity index (χ4n) is 2.01. The smallest absolute Gasteiger partial charge is 0.303 e. The lowest BCUT2D eigenvalue weighted by molar-refractivity contribution is -0.137. The number of nitrogens with zero attached hydrogens (tertiary/aromatic N) is 1. The average Bonchev–Trinajstić information content (AvgIpc) is 2.38. The fourth-order valence-corrected chi connectivity index (χ4v) is 2.01. The standard InChI is InChI=1S/C16H22N2O2/c1-12-4-5-14(13(10-12)11-17)18-9-8-16(2,3)7-6-15(19)20/h4-5,10,18H,6-9H2,1-3H3,(H,19,20). The number of carbonyl (C=O) groups is 1. The number of anilines is 1. The van der Waals surface area contributed by atoms with Crippen LogP contribution < -0.4 is 5.32 Å². The third-order valence-corrected chi connectivity index (χ3v) is 3.43. The third-order valence-electron chi connectivity index (χ3n) is 3.43. The van der Waals surface area contributed by atoms with Gasteiger partial charge in [-0.1, -0.05) is 19.9 Å². The molecule has 4 heteroatoms. The molecule has 0 bridgehead atoms. The zero-order valence-corrected chi connectivity index (χ0v) is 12.4. The maximum atomic E-state index is 10.6. The molecule has 0 amide bonds. The summed E-state index contributed by atoms with van der Waals surface area (Å²) in [6.07, 6.45) is 1.71. The quantitative estimate of drug-likeness (QED) is 0.797. The van der Waals surface area contributed by atoms with Crippen LogP contribution in [0.5, 0.6) is 0 Å². The lowest BCUT2D eigenvalue weighted by Gasteiger charge is -2.24. The van der Waals surface area contributed by atoms with Crippen molar-refractivity contribution in [1.29, 1.82) is 5.26 Å². The first kappa shape index (κ1) is 16.0. The SMILES string of the molecule is Cc1ccc(NCCC(C)(C)CCC(=O)O)c(C#N)c1. The molecule has 0 atom stereocenters. The molecule has 0 aliphatic rings. The summed E-state index contributed by atoms with van der Waals surface area (Å²) in [6.45, 7) is 6.82. The summed E-state index contributed by atoms with van der Waals surface area (Å²) in [4.78, 5) is 10.6. The first-order valence-electron chi connectivity index (χ1n) is 6.80. The summed E-state index contributed by atoms with van der Waals surface area (Å²) in [5.74, 6) is -0.753. The van der Waals surface area contributed by atoms with Crippen LogP contribution in [0, 0.1) is 23.7 Å². The zero-order chi connectivity index (χ0) is 15.2. The van der Waals surface area contributed by atoms with E-state index in [1.165, 1.54) is 0 Å². The van der Waals surface area contributed by atoms with Crippen LogP contribution in [0.1, 0.15) is 44.2 Å². The van der Waals surface area contributed by atoms with Crippen LogP contribution in [0.15, 0.2) is 18.2 Å². The highest BCUT2D eigenvalue weighted by atomic mass is 16.4. The zero-order valence-electron chi connectivity index (χ0n) is 12.4. The normalized spacial score (nSPS) is 10.9. The van der Waals surface area contributed by atoms with E-state index in [1.54, 1.807) is 0 Å². The van der Waals surface area contributed by atoms with Crippen molar-refractivity contribution in [2.75, 3.05) is 11.9 Å². The van der Waals surface area contributed by atoms with Crippen LogP contribution >= 0.6 is 0 Å². The molecule has 0 aromatic heterocycles. The maximum Gasteiger partial charge on any atom is 0.303 e. The van der Waals surface area contributed by atoms with Crippen LogP contribution in [0.25, 0.3) is 0 Å². The Balaban J connectivity index is 2.52. The molecule has 1 rings (SSSR count). The number of rotatable bonds is 7. The van der Waals surface area contributed by atoms with Crippen molar-refractivity contribution in [3.05, 3.63) is 29.3 Å². The number of nitrogens with one attached hydrogen (secondary N) is 1. The molecule has 0 aliphatic heterocycles. The van der Waals surface area contributed by atoms with Gasteiger partial charge in [0, 0.05) is 13.0 Å². The van der Waals surface area contributed by atoms with Crippen molar-refractivity contribution in [1.82, 2.24) is 0 Å². The predicted octanol–water partition coefficient (Wildman–Crippen LogP) is 3.56. The lowest BCUT2D eigenvalue weighted by Crippen LogP contribution is -2.18. The van der Waals surface area contributed by atoms with E-state index in [2.05, 4.69) is 25.2 Å². The van der Waals surface area contributed by atoms with E-state index in [9.17, 15) is 4.79 Å². The van der Waals surface area contributed by atoms with E-state index in [1.807, 2.05) is 25.1 Å². The highest BCUT2D eigenvalue weighted by Gasteiger charge is 2.18. The molecule has 0 radical (unpaired) electrons. The van der Waals surface area contributed by atoms with Crippen LogP contribution in [0.4, 0.5) is 5.69 Å². The minimum absolute atomic E-state index is 0.0249. The van der Waals surface area contributed by atoms with Gasteiger partial charge in [-0.2, -0.15) is 5.26 Å². The number of hydrogen-bond acceptors (Lipinski definition) is 3. The van der Waals surface area contributed by atoms with Gasteiger partial charge in [-0.3, -0.25) is 4.79 Å². The number of benzene rings is 1. The molecule has 4 nitrogen and oxygen atoms in total. The van der Waals surface area contributed by atoms with Gasteiger partial charge in [-0.15, -0.1) is 0 Å². The van der Waals surface area contributed by atoms with Gasteiger partial charge in [0.2, 0.25) is 0 Å². The second-order valence-electron chi connectivity index (χ2n) is 5.90. The van der Waals surface area contributed by atoms with Crippen molar-refractivity contribution < 1.29 is 9.90 Å². The first-order valence-corrected chi connectivity index (χ1v) is 6.80. The lowest BCUT2D eigenvalue weighted by atomic mass is 9.84. The molecule has 0 heterocycles. The molecule has 2 N–H and O–H groups in total. The fraction of sp³-hybridized carbons (Fsp3) is 0.500. The van der Waals surface area contributed by atoms with Crippen molar-refractivity contribution in [2.24, 2.45) is 5.41 Å². The molecule has 0 aliphatic carbocycles. The summed E-state index contributed by atoms with van der Waals surface area (Å²) >= 11 is 0. The molecule has 0 spiro atoms. The first-order chi connectivity index (χ1) is 9.34. The molecule has 108 valence electrons.